The molecule has 5 rings (SSSR count). The van der Waals surface area contributed by atoms with Gasteiger partial charge in [-0.1, -0.05) is 41.0 Å². The van der Waals surface area contributed by atoms with Crippen molar-refractivity contribution in [2.75, 3.05) is 12.0 Å². The van der Waals surface area contributed by atoms with Crippen LogP contribution in [0.1, 0.15) is 22.0 Å². The van der Waals surface area contributed by atoms with Gasteiger partial charge in [-0.05, 0) is 54.1 Å². The number of carbonyl (C=O) groups is 2. The second-order valence-electron chi connectivity index (χ2n) is 7.88. The molecule has 0 saturated heterocycles. The third-order valence-electron chi connectivity index (χ3n) is 5.85. The van der Waals surface area contributed by atoms with Crippen molar-refractivity contribution < 1.29 is 24.0 Å². The summed E-state index contributed by atoms with van der Waals surface area (Å²) in [7, 11) is 1.53. The van der Waals surface area contributed by atoms with E-state index in [9.17, 15) is 14.7 Å². The number of Topliss-reactive ketones (excluding diaryl/α,β-unsaturated/α-hetero) is 1. The first kappa shape index (κ1) is 22.4. The molecule has 0 fully saturated rings. The number of amides is 1. The minimum atomic E-state index is -0.881. The first-order valence-corrected chi connectivity index (χ1v) is 11.1. The Bertz CT molecular complexity index is 1430. The van der Waals surface area contributed by atoms with Crippen molar-refractivity contribution in [1.29, 1.82) is 0 Å². The topological polar surface area (TPSA) is 92.9 Å². The third kappa shape index (κ3) is 4.06. The number of rotatable bonds is 6. The third-order valence-corrected chi connectivity index (χ3v) is 6.08. The smallest absolute Gasteiger partial charge is 0.294 e. The number of aliphatic hydroxyl groups is 1. The van der Waals surface area contributed by atoms with Gasteiger partial charge in [-0.2, -0.15) is 0 Å². The van der Waals surface area contributed by atoms with E-state index in [1.54, 1.807) is 78.9 Å². The monoisotopic (exact) mass is 486 g/mol. The Hall–Kier alpha value is -4.36. The zero-order valence-electron chi connectivity index (χ0n) is 18.5. The minimum Gasteiger partial charge on any atom is -0.503 e. The lowest BCUT2D eigenvalue weighted by Gasteiger charge is -2.27. The molecule has 1 aliphatic rings. The largest absolute Gasteiger partial charge is 0.503 e. The van der Waals surface area contributed by atoms with Crippen LogP contribution in [0, 0.1) is 0 Å². The van der Waals surface area contributed by atoms with Gasteiger partial charge in [0.25, 0.3) is 5.91 Å². The van der Waals surface area contributed by atoms with Crippen molar-refractivity contribution in [3.05, 3.63) is 113 Å². The Morgan fingerprint density at radius 2 is 1.80 bits per heavy atom. The number of aliphatic hydroxyl groups excluding tert-OH is 1. The quantitative estimate of drug-likeness (QED) is 0.347. The number of ketones is 1. The standard InChI is InChI=1S/C27H19ClN2O5/c1-34-21-11-7-17(8-12-21)25(31)23-24(18-3-2-4-19(28)15-18)30(27(33)26(23)32)20-9-5-16(6-10-20)22-13-14-35-29-22/h2-15,24,32H,1H3. The zero-order valence-corrected chi connectivity index (χ0v) is 19.3. The number of ether oxygens (including phenoxy) is 1. The van der Waals surface area contributed by atoms with Crippen molar-refractivity contribution in [3.63, 3.8) is 0 Å². The van der Waals surface area contributed by atoms with Gasteiger partial charge in [0.2, 0.25) is 0 Å². The number of hydrogen-bond donors (Lipinski definition) is 1. The van der Waals surface area contributed by atoms with E-state index in [1.165, 1.54) is 18.3 Å². The summed E-state index contributed by atoms with van der Waals surface area (Å²) in [4.78, 5) is 28.3. The number of methoxy groups -OCH3 is 1. The summed E-state index contributed by atoms with van der Waals surface area (Å²) in [5.74, 6) is -1.16. The first-order chi connectivity index (χ1) is 17.0. The second-order valence-corrected chi connectivity index (χ2v) is 8.32. The number of halogens is 1. The molecule has 4 aromatic rings. The Kier molecular flexibility index (Phi) is 5.84. The average Bonchev–Trinajstić information content (AvgIpc) is 3.51. The van der Waals surface area contributed by atoms with E-state index in [2.05, 4.69) is 5.16 Å². The summed E-state index contributed by atoms with van der Waals surface area (Å²) in [6, 6.07) is 21.2. The Morgan fingerprint density at radius 1 is 1.06 bits per heavy atom. The molecule has 0 radical (unpaired) electrons. The van der Waals surface area contributed by atoms with Crippen LogP contribution in [-0.4, -0.2) is 29.1 Å². The fraction of sp³-hybridized carbons (Fsp3) is 0.0741. The maximum absolute atomic E-state index is 13.6. The Labute approximate surface area is 205 Å². The number of hydrogen-bond acceptors (Lipinski definition) is 6. The highest BCUT2D eigenvalue weighted by atomic mass is 35.5. The van der Waals surface area contributed by atoms with Crippen LogP contribution in [0.3, 0.4) is 0 Å². The van der Waals surface area contributed by atoms with E-state index in [1.807, 2.05) is 0 Å². The zero-order chi connectivity index (χ0) is 24.5. The van der Waals surface area contributed by atoms with Gasteiger partial charge < -0.3 is 14.4 Å². The summed E-state index contributed by atoms with van der Waals surface area (Å²) in [6.45, 7) is 0. The van der Waals surface area contributed by atoms with Gasteiger partial charge in [-0.25, -0.2) is 0 Å². The van der Waals surface area contributed by atoms with Gasteiger partial charge in [-0.15, -0.1) is 0 Å². The van der Waals surface area contributed by atoms with Crippen LogP contribution >= 0.6 is 11.6 Å². The molecule has 1 unspecified atom stereocenters. The molecule has 8 heteroatoms. The highest BCUT2D eigenvalue weighted by molar-refractivity contribution is 6.30. The molecular formula is C27H19ClN2O5. The van der Waals surface area contributed by atoms with Crippen LogP contribution in [0.4, 0.5) is 5.69 Å². The molecule has 174 valence electrons. The number of benzene rings is 3. The van der Waals surface area contributed by atoms with Crippen LogP contribution in [0.25, 0.3) is 11.3 Å². The van der Waals surface area contributed by atoms with Gasteiger partial charge in [-0.3, -0.25) is 14.5 Å². The van der Waals surface area contributed by atoms with E-state index in [4.69, 9.17) is 20.9 Å². The molecule has 0 saturated carbocycles. The van der Waals surface area contributed by atoms with E-state index in [-0.39, 0.29) is 5.57 Å². The van der Waals surface area contributed by atoms with Crippen LogP contribution < -0.4 is 9.64 Å². The normalized spacial score (nSPS) is 15.5. The molecule has 0 spiro atoms. The molecule has 1 aromatic heterocycles. The molecule has 3 aromatic carbocycles. The van der Waals surface area contributed by atoms with Gasteiger partial charge >= 0.3 is 0 Å². The SMILES string of the molecule is COc1ccc(C(=O)C2=C(O)C(=O)N(c3ccc(-c4ccon4)cc3)C2c2cccc(Cl)c2)cc1. The lowest BCUT2D eigenvalue weighted by molar-refractivity contribution is -0.117. The molecule has 0 bridgehead atoms. The summed E-state index contributed by atoms with van der Waals surface area (Å²) in [5, 5.41) is 15.3. The van der Waals surface area contributed by atoms with Gasteiger partial charge in [0, 0.05) is 27.9 Å². The predicted octanol–water partition coefficient (Wildman–Crippen LogP) is 5.79. The van der Waals surface area contributed by atoms with Crippen molar-refractivity contribution in [2.24, 2.45) is 0 Å². The van der Waals surface area contributed by atoms with E-state index >= 15 is 0 Å². The number of anilines is 1. The van der Waals surface area contributed by atoms with Crippen molar-refractivity contribution in [2.45, 2.75) is 6.04 Å². The number of nitrogens with zero attached hydrogens (tertiary/aromatic N) is 2. The summed E-state index contributed by atoms with van der Waals surface area (Å²) >= 11 is 6.25. The summed E-state index contributed by atoms with van der Waals surface area (Å²) in [6.07, 6.45) is 1.47. The van der Waals surface area contributed by atoms with E-state index in [0.717, 1.165) is 5.56 Å². The predicted molar refractivity (Wildman–Crippen MR) is 131 cm³/mol. The Morgan fingerprint density at radius 3 is 2.43 bits per heavy atom. The summed E-state index contributed by atoms with van der Waals surface area (Å²) in [5.41, 5.74) is 2.81. The fourth-order valence-corrected chi connectivity index (χ4v) is 4.35. The van der Waals surface area contributed by atoms with E-state index in [0.29, 0.717) is 33.3 Å². The van der Waals surface area contributed by atoms with Crippen molar-refractivity contribution in [3.8, 4) is 17.0 Å². The van der Waals surface area contributed by atoms with Crippen LogP contribution in [0.15, 0.2) is 101 Å². The van der Waals surface area contributed by atoms with Gasteiger partial charge in [0.1, 0.15) is 17.7 Å². The van der Waals surface area contributed by atoms with Crippen molar-refractivity contribution >= 4 is 29.0 Å². The second kappa shape index (κ2) is 9.12. The lowest BCUT2D eigenvalue weighted by atomic mass is 9.92. The molecular weight excluding hydrogens is 468 g/mol. The molecule has 2 heterocycles. The fourth-order valence-electron chi connectivity index (χ4n) is 4.15. The molecule has 1 amide bonds. The first-order valence-electron chi connectivity index (χ1n) is 10.7. The maximum Gasteiger partial charge on any atom is 0.294 e. The molecule has 35 heavy (non-hydrogen) atoms. The average molecular weight is 487 g/mol. The highest BCUT2D eigenvalue weighted by Gasteiger charge is 2.44. The molecule has 0 aliphatic carbocycles. The lowest BCUT2D eigenvalue weighted by Crippen LogP contribution is -2.31. The van der Waals surface area contributed by atoms with Gasteiger partial charge in [0.15, 0.2) is 11.5 Å². The molecule has 7 nitrogen and oxygen atoms in total. The molecule has 1 N–H and O–H groups in total. The molecule has 1 atom stereocenters. The van der Waals surface area contributed by atoms with Crippen LogP contribution in [-0.2, 0) is 4.79 Å². The summed E-state index contributed by atoms with van der Waals surface area (Å²) < 4.78 is 10.1. The number of aromatic nitrogens is 1. The van der Waals surface area contributed by atoms with Crippen LogP contribution in [0.2, 0.25) is 5.02 Å². The minimum absolute atomic E-state index is 0.0250. The highest BCUT2D eigenvalue weighted by Crippen LogP contribution is 2.42. The van der Waals surface area contributed by atoms with E-state index < -0.39 is 23.5 Å². The van der Waals surface area contributed by atoms with Gasteiger partial charge in [0.05, 0.1) is 18.7 Å². The molecule has 1 aliphatic heterocycles. The number of carbonyl (C=O) groups excluding carboxylic acids is 2. The maximum atomic E-state index is 13.6. The Balaban J connectivity index is 1.59. The van der Waals surface area contributed by atoms with Crippen molar-refractivity contribution in [1.82, 2.24) is 5.16 Å². The van der Waals surface area contributed by atoms with Crippen LogP contribution in [0.5, 0.6) is 5.75 Å².